The Morgan fingerprint density at radius 3 is 2.75 bits per heavy atom. The smallest absolute Gasteiger partial charge is 0.250 e. The number of pyridine rings is 1. The number of nitrogens with one attached hydrogen (secondary N) is 1. The van der Waals surface area contributed by atoms with Crippen molar-refractivity contribution in [3.8, 4) is 5.75 Å². The number of nitrogens with zero attached hydrogens (tertiary/aromatic N) is 5. The van der Waals surface area contributed by atoms with Crippen molar-refractivity contribution in [2.45, 2.75) is 70.3 Å². The van der Waals surface area contributed by atoms with Crippen molar-refractivity contribution < 1.29 is 14.3 Å². The predicted molar refractivity (Wildman–Crippen MR) is 135 cm³/mol. The van der Waals surface area contributed by atoms with Crippen molar-refractivity contribution in [3.05, 3.63) is 59.7 Å². The first kappa shape index (κ1) is 25.3. The zero-order valence-corrected chi connectivity index (χ0v) is 20.4. The number of benzene rings is 1. The number of hydrogen-bond donors (Lipinski definition) is 2. The normalized spacial score (nSPS) is 15.3. The van der Waals surface area contributed by atoms with Crippen LogP contribution in [-0.2, 0) is 17.6 Å². The standard InChI is InChI=1S/C20H27N5O2.C6H6N2O/c26-20-12-9-15-14-17(10-11-18(15)21-20)27-13-5-4-8-19-22-23-24-25(19)16-6-2-1-3-7-16;7-6(9)5-2-1-3-8-4-5/h10-11,14,16H,1-9,12-13H2,(H,21,26);1-4H,(H2,7,9). The first-order valence-electron chi connectivity index (χ1n) is 12.6. The molecule has 10 heteroatoms. The number of aromatic nitrogens is 5. The predicted octanol–water partition coefficient (Wildman–Crippen LogP) is 3.65. The van der Waals surface area contributed by atoms with E-state index in [1.54, 1.807) is 18.3 Å². The van der Waals surface area contributed by atoms with Crippen molar-refractivity contribution in [3.63, 3.8) is 0 Å². The molecule has 1 fully saturated rings. The summed E-state index contributed by atoms with van der Waals surface area (Å²) in [5.74, 6) is 1.53. The third-order valence-corrected chi connectivity index (χ3v) is 6.46. The van der Waals surface area contributed by atoms with Crippen molar-refractivity contribution in [1.82, 2.24) is 25.2 Å². The number of unbranched alkanes of at least 4 members (excludes halogenated alkanes) is 1. The summed E-state index contributed by atoms with van der Waals surface area (Å²) in [5.41, 5.74) is 7.44. The molecule has 0 unspecified atom stereocenters. The molecule has 1 aliphatic heterocycles. The summed E-state index contributed by atoms with van der Waals surface area (Å²) >= 11 is 0. The van der Waals surface area contributed by atoms with Gasteiger partial charge in [-0.2, -0.15) is 0 Å². The Morgan fingerprint density at radius 2 is 2.00 bits per heavy atom. The topological polar surface area (TPSA) is 138 Å². The number of rotatable bonds is 8. The molecule has 0 spiro atoms. The van der Waals surface area contributed by atoms with Gasteiger partial charge < -0.3 is 15.8 Å². The number of fused-ring (bicyclic) bond motifs is 1. The van der Waals surface area contributed by atoms with E-state index >= 15 is 0 Å². The fourth-order valence-electron chi connectivity index (χ4n) is 4.52. The Bertz CT molecular complexity index is 1140. The third kappa shape index (κ3) is 7.10. The Morgan fingerprint density at radius 1 is 1.14 bits per heavy atom. The highest BCUT2D eigenvalue weighted by molar-refractivity contribution is 5.94. The van der Waals surface area contributed by atoms with Gasteiger partial charge in [0.2, 0.25) is 11.8 Å². The Kier molecular flexibility index (Phi) is 8.96. The van der Waals surface area contributed by atoms with Crippen molar-refractivity contribution >= 4 is 17.5 Å². The molecule has 2 aliphatic rings. The van der Waals surface area contributed by atoms with Crippen LogP contribution in [0.25, 0.3) is 0 Å². The Balaban J connectivity index is 0.000000286. The minimum Gasteiger partial charge on any atom is -0.494 e. The minimum absolute atomic E-state index is 0.0896. The molecule has 1 aromatic carbocycles. The van der Waals surface area contributed by atoms with Gasteiger partial charge in [-0.05, 0) is 78.4 Å². The molecule has 0 radical (unpaired) electrons. The van der Waals surface area contributed by atoms with Gasteiger partial charge in [0.25, 0.3) is 0 Å². The van der Waals surface area contributed by atoms with E-state index in [1.807, 2.05) is 18.2 Å². The van der Waals surface area contributed by atoms with Crippen molar-refractivity contribution in [2.24, 2.45) is 5.73 Å². The number of aryl methyl sites for hydroxylation is 2. The van der Waals surface area contributed by atoms with E-state index in [4.69, 9.17) is 10.5 Å². The van der Waals surface area contributed by atoms with Gasteiger partial charge in [0.05, 0.1) is 18.2 Å². The number of ether oxygens (including phenoxy) is 1. The van der Waals surface area contributed by atoms with E-state index in [-0.39, 0.29) is 5.91 Å². The van der Waals surface area contributed by atoms with E-state index in [2.05, 4.69) is 30.5 Å². The molecule has 36 heavy (non-hydrogen) atoms. The summed E-state index contributed by atoms with van der Waals surface area (Å²) in [7, 11) is 0. The highest BCUT2D eigenvalue weighted by Gasteiger charge is 2.19. The van der Waals surface area contributed by atoms with Crippen LogP contribution in [0.2, 0.25) is 0 Å². The maximum absolute atomic E-state index is 11.4. The number of amides is 2. The van der Waals surface area contributed by atoms with Crippen LogP contribution in [0.3, 0.4) is 0 Å². The molecule has 1 saturated carbocycles. The first-order chi connectivity index (χ1) is 17.6. The third-order valence-electron chi connectivity index (χ3n) is 6.46. The lowest BCUT2D eigenvalue weighted by atomic mass is 9.95. The van der Waals surface area contributed by atoms with Crippen LogP contribution in [0.5, 0.6) is 5.75 Å². The van der Waals surface area contributed by atoms with Crippen LogP contribution < -0.4 is 15.8 Å². The van der Waals surface area contributed by atoms with Gasteiger partial charge in [0, 0.05) is 30.9 Å². The molecular formula is C26H33N7O3. The highest BCUT2D eigenvalue weighted by atomic mass is 16.5. The number of tetrazole rings is 1. The van der Waals surface area contributed by atoms with Gasteiger partial charge in [-0.25, -0.2) is 4.68 Å². The molecule has 2 amide bonds. The van der Waals surface area contributed by atoms with Gasteiger partial charge in [-0.3, -0.25) is 14.6 Å². The summed E-state index contributed by atoms with van der Waals surface area (Å²) in [6.07, 6.45) is 13.5. The zero-order valence-electron chi connectivity index (χ0n) is 20.4. The molecule has 3 heterocycles. The van der Waals surface area contributed by atoms with Gasteiger partial charge in [0.1, 0.15) is 5.75 Å². The van der Waals surface area contributed by atoms with Crippen LogP contribution in [0.4, 0.5) is 5.69 Å². The monoisotopic (exact) mass is 491 g/mol. The van der Waals surface area contributed by atoms with E-state index < -0.39 is 5.91 Å². The minimum atomic E-state index is -0.442. The largest absolute Gasteiger partial charge is 0.494 e. The molecule has 10 nitrogen and oxygen atoms in total. The van der Waals surface area contributed by atoms with E-state index in [0.29, 0.717) is 24.6 Å². The number of primary amides is 1. The van der Waals surface area contributed by atoms with E-state index in [0.717, 1.165) is 48.5 Å². The van der Waals surface area contributed by atoms with Gasteiger partial charge in [-0.1, -0.05) is 19.3 Å². The number of anilines is 1. The fraction of sp³-hybridized carbons (Fsp3) is 0.462. The lowest BCUT2D eigenvalue weighted by Crippen LogP contribution is -2.18. The summed E-state index contributed by atoms with van der Waals surface area (Å²) in [6, 6.07) is 9.66. The molecule has 190 valence electrons. The van der Waals surface area contributed by atoms with E-state index in [1.165, 1.54) is 38.3 Å². The zero-order chi connectivity index (χ0) is 25.2. The second kappa shape index (κ2) is 12.8. The highest BCUT2D eigenvalue weighted by Crippen LogP contribution is 2.28. The number of nitrogens with two attached hydrogens (primary N) is 1. The molecule has 3 N–H and O–H groups in total. The quantitative estimate of drug-likeness (QED) is 0.459. The molecule has 3 aromatic rings. The average Bonchev–Trinajstić information content (AvgIpc) is 3.38. The number of carbonyl (C=O) groups is 2. The van der Waals surface area contributed by atoms with Crippen molar-refractivity contribution in [2.75, 3.05) is 11.9 Å². The van der Waals surface area contributed by atoms with Crippen molar-refractivity contribution in [1.29, 1.82) is 0 Å². The van der Waals surface area contributed by atoms with E-state index in [9.17, 15) is 9.59 Å². The van der Waals surface area contributed by atoms with Gasteiger partial charge in [0.15, 0.2) is 5.82 Å². The summed E-state index contributed by atoms with van der Waals surface area (Å²) in [4.78, 5) is 25.5. The van der Waals surface area contributed by atoms with Crippen LogP contribution in [0, 0.1) is 0 Å². The van der Waals surface area contributed by atoms with Crippen LogP contribution in [-0.4, -0.2) is 43.6 Å². The molecule has 1 aliphatic carbocycles. The molecule has 5 rings (SSSR count). The maximum atomic E-state index is 11.4. The summed E-state index contributed by atoms with van der Waals surface area (Å²) in [6.45, 7) is 0.677. The fourth-order valence-corrected chi connectivity index (χ4v) is 4.52. The molecular weight excluding hydrogens is 458 g/mol. The lowest BCUT2D eigenvalue weighted by molar-refractivity contribution is -0.116. The Labute approximate surface area is 210 Å². The number of hydrogen-bond acceptors (Lipinski definition) is 7. The average molecular weight is 492 g/mol. The second-order valence-electron chi connectivity index (χ2n) is 9.11. The van der Waals surface area contributed by atoms with Crippen LogP contribution in [0.15, 0.2) is 42.7 Å². The van der Waals surface area contributed by atoms with Crippen LogP contribution in [0.1, 0.15) is 79.2 Å². The summed E-state index contributed by atoms with van der Waals surface area (Å²) in [5, 5.41) is 15.2. The second-order valence-corrected chi connectivity index (χ2v) is 9.11. The summed E-state index contributed by atoms with van der Waals surface area (Å²) < 4.78 is 7.95. The maximum Gasteiger partial charge on any atom is 0.250 e. The molecule has 0 bridgehead atoms. The van der Waals surface area contributed by atoms with Gasteiger partial charge in [-0.15, -0.1) is 5.10 Å². The van der Waals surface area contributed by atoms with Gasteiger partial charge >= 0.3 is 0 Å². The molecule has 2 aromatic heterocycles. The lowest BCUT2D eigenvalue weighted by Gasteiger charge is -2.22. The molecule has 0 atom stereocenters. The number of carbonyl (C=O) groups excluding carboxylic acids is 2. The first-order valence-corrected chi connectivity index (χ1v) is 12.6. The Hall–Kier alpha value is -3.82. The van der Waals surface area contributed by atoms with Crippen LogP contribution >= 0.6 is 0 Å². The molecule has 0 saturated heterocycles. The SMILES string of the molecule is NC(=O)c1cccnc1.O=C1CCc2cc(OCCCCc3nnnn3C3CCCCC3)ccc2N1.